The zero-order valence-electron chi connectivity index (χ0n) is 14.0. The second-order valence-corrected chi connectivity index (χ2v) is 5.48. The smallest absolute Gasteiger partial charge is 0.262 e. The average molecular weight is 324 g/mol. The van der Waals surface area contributed by atoms with Crippen LogP contribution in [-0.2, 0) is 0 Å². The summed E-state index contributed by atoms with van der Waals surface area (Å²) in [5.41, 5.74) is 1.65. The maximum Gasteiger partial charge on any atom is 0.262 e. The van der Waals surface area contributed by atoms with Gasteiger partial charge < -0.3 is 14.0 Å². The molecular formula is C19H20N2O3. The minimum Gasteiger partial charge on any atom is -0.496 e. The molecule has 1 atom stereocenters. The van der Waals surface area contributed by atoms with Crippen LogP contribution in [0.4, 0.5) is 0 Å². The first-order valence-electron chi connectivity index (χ1n) is 7.95. The number of nitrogens with zero attached hydrogens (tertiary/aromatic N) is 2. The van der Waals surface area contributed by atoms with Crippen LogP contribution in [0.1, 0.15) is 20.3 Å². The lowest BCUT2D eigenvalue weighted by Crippen LogP contribution is -2.09. The molecule has 5 heteroatoms. The normalized spacial score (nSPS) is 12.0. The van der Waals surface area contributed by atoms with Gasteiger partial charge in [-0.3, -0.25) is 0 Å². The highest BCUT2D eigenvalue weighted by Crippen LogP contribution is 2.30. The summed E-state index contributed by atoms with van der Waals surface area (Å²) in [5, 5.41) is 4.06. The molecule has 0 saturated heterocycles. The largest absolute Gasteiger partial charge is 0.496 e. The number of aromatic nitrogens is 2. The molecule has 124 valence electrons. The molecule has 0 amide bonds. The molecule has 0 spiro atoms. The van der Waals surface area contributed by atoms with Crippen molar-refractivity contribution in [3.8, 4) is 34.3 Å². The molecule has 0 radical (unpaired) electrons. The van der Waals surface area contributed by atoms with Gasteiger partial charge in [-0.1, -0.05) is 24.2 Å². The van der Waals surface area contributed by atoms with E-state index in [0.717, 1.165) is 23.3 Å². The maximum absolute atomic E-state index is 5.78. The Morgan fingerprint density at radius 1 is 1.08 bits per heavy atom. The number of ether oxygens (including phenoxy) is 2. The molecule has 1 aromatic heterocycles. The van der Waals surface area contributed by atoms with Gasteiger partial charge >= 0.3 is 0 Å². The SMILES string of the molecule is CCC(C)Oc1ccc(-c2noc(-c3ccccc3OC)n2)cc1. The fourth-order valence-corrected chi connectivity index (χ4v) is 2.27. The van der Waals surface area contributed by atoms with Crippen molar-refractivity contribution in [3.05, 3.63) is 48.5 Å². The zero-order chi connectivity index (χ0) is 16.9. The van der Waals surface area contributed by atoms with Crippen LogP contribution in [0.3, 0.4) is 0 Å². The van der Waals surface area contributed by atoms with E-state index in [1.54, 1.807) is 7.11 Å². The Kier molecular flexibility index (Phi) is 4.79. The first-order valence-corrected chi connectivity index (χ1v) is 7.95. The number of hydrogen-bond acceptors (Lipinski definition) is 5. The van der Waals surface area contributed by atoms with Gasteiger partial charge in [0.2, 0.25) is 5.82 Å². The molecule has 24 heavy (non-hydrogen) atoms. The first-order chi connectivity index (χ1) is 11.7. The second-order valence-electron chi connectivity index (χ2n) is 5.48. The Balaban J connectivity index is 1.83. The standard InChI is InChI=1S/C19H20N2O3/c1-4-13(2)23-15-11-9-14(10-12-15)18-20-19(24-21-18)16-7-5-6-8-17(16)22-3/h5-13H,4H2,1-3H3. The van der Waals surface area contributed by atoms with Gasteiger partial charge in [0.25, 0.3) is 5.89 Å². The molecule has 0 fully saturated rings. The van der Waals surface area contributed by atoms with Crippen LogP contribution in [0, 0.1) is 0 Å². The van der Waals surface area contributed by atoms with Crippen molar-refractivity contribution in [1.29, 1.82) is 0 Å². The molecule has 1 unspecified atom stereocenters. The van der Waals surface area contributed by atoms with Gasteiger partial charge in [-0.25, -0.2) is 0 Å². The van der Waals surface area contributed by atoms with Crippen molar-refractivity contribution >= 4 is 0 Å². The summed E-state index contributed by atoms with van der Waals surface area (Å²) in [5.74, 6) is 2.50. The predicted molar refractivity (Wildman–Crippen MR) is 92.1 cm³/mol. The number of hydrogen-bond donors (Lipinski definition) is 0. The topological polar surface area (TPSA) is 57.4 Å². The molecule has 0 aliphatic rings. The third-order valence-electron chi connectivity index (χ3n) is 3.79. The highest BCUT2D eigenvalue weighted by Gasteiger charge is 2.14. The van der Waals surface area contributed by atoms with Crippen LogP contribution in [0.2, 0.25) is 0 Å². The van der Waals surface area contributed by atoms with Crippen molar-refractivity contribution in [1.82, 2.24) is 10.1 Å². The Hall–Kier alpha value is -2.82. The fraction of sp³-hybridized carbons (Fsp3) is 0.263. The van der Waals surface area contributed by atoms with Crippen LogP contribution in [0.25, 0.3) is 22.8 Å². The maximum atomic E-state index is 5.78. The van der Waals surface area contributed by atoms with Gasteiger partial charge in [0.05, 0.1) is 18.8 Å². The minimum atomic E-state index is 0.193. The summed E-state index contributed by atoms with van der Waals surface area (Å²) in [7, 11) is 1.62. The molecule has 5 nitrogen and oxygen atoms in total. The summed E-state index contributed by atoms with van der Waals surface area (Å²) in [6.45, 7) is 4.14. The van der Waals surface area contributed by atoms with Crippen LogP contribution in [0.5, 0.6) is 11.5 Å². The molecule has 0 bridgehead atoms. The Morgan fingerprint density at radius 2 is 1.83 bits per heavy atom. The predicted octanol–water partition coefficient (Wildman–Crippen LogP) is 4.59. The van der Waals surface area contributed by atoms with Gasteiger partial charge in [-0.05, 0) is 49.7 Å². The van der Waals surface area contributed by atoms with Gasteiger partial charge in [-0.15, -0.1) is 0 Å². The van der Waals surface area contributed by atoms with E-state index in [2.05, 4.69) is 17.1 Å². The van der Waals surface area contributed by atoms with Gasteiger partial charge in [0, 0.05) is 5.56 Å². The number of methoxy groups -OCH3 is 1. The van der Waals surface area contributed by atoms with E-state index in [4.69, 9.17) is 14.0 Å². The van der Waals surface area contributed by atoms with E-state index in [0.29, 0.717) is 17.5 Å². The lowest BCUT2D eigenvalue weighted by molar-refractivity contribution is 0.217. The summed E-state index contributed by atoms with van der Waals surface area (Å²) >= 11 is 0. The molecule has 0 aliphatic heterocycles. The molecule has 3 aromatic rings. The van der Waals surface area contributed by atoms with Gasteiger partial charge in [-0.2, -0.15) is 4.98 Å². The van der Waals surface area contributed by atoms with E-state index < -0.39 is 0 Å². The van der Waals surface area contributed by atoms with Crippen molar-refractivity contribution in [2.75, 3.05) is 7.11 Å². The summed E-state index contributed by atoms with van der Waals surface area (Å²) in [6.07, 6.45) is 1.16. The highest BCUT2D eigenvalue weighted by atomic mass is 16.5. The Morgan fingerprint density at radius 3 is 2.54 bits per heavy atom. The van der Waals surface area contributed by atoms with Crippen LogP contribution in [0.15, 0.2) is 53.1 Å². The first kappa shape index (κ1) is 16.1. The number of rotatable bonds is 6. The van der Waals surface area contributed by atoms with Crippen molar-refractivity contribution < 1.29 is 14.0 Å². The molecule has 3 rings (SSSR count). The molecule has 1 heterocycles. The second kappa shape index (κ2) is 7.17. The Bertz CT molecular complexity index is 796. The van der Waals surface area contributed by atoms with E-state index in [-0.39, 0.29) is 6.10 Å². The quantitative estimate of drug-likeness (QED) is 0.664. The summed E-state index contributed by atoms with van der Waals surface area (Å²) in [6, 6.07) is 15.2. The monoisotopic (exact) mass is 324 g/mol. The Labute approximate surface area is 141 Å². The minimum absolute atomic E-state index is 0.193. The summed E-state index contributed by atoms with van der Waals surface area (Å²) < 4.78 is 16.5. The number of para-hydroxylation sites is 1. The third kappa shape index (κ3) is 3.40. The molecular weight excluding hydrogens is 304 g/mol. The summed E-state index contributed by atoms with van der Waals surface area (Å²) in [4.78, 5) is 4.47. The fourth-order valence-electron chi connectivity index (χ4n) is 2.27. The average Bonchev–Trinajstić information content (AvgIpc) is 3.12. The van der Waals surface area contributed by atoms with Crippen molar-refractivity contribution in [2.45, 2.75) is 26.4 Å². The molecule has 0 saturated carbocycles. The molecule has 0 N–H and O–H groups in total. The van der Waals surface area contributed by atoms with E-state index in [9.17, 15) is 0 Å². The number of benzene rings is 2. The molecule has 2 aromatic carbocycles. The van der Waals surface area contributed by atoms with E-state index in [1.807, 2.05) is 55.5 Å². The lowest BCUT2D eigenvalue weighted by atomic mass is 10.2. The van der Waals surface area contributed by atoms with Gasteiger partial charge in [0.15, 0.2) is 0 Å². The van der Waals surface area contributed by atoms with Crippen LogP contribution < -0.4 is 9.47 Å². The lowest BCUT2D eigenvalue weighted by Gasteiger charge is -2.12. The highest BCUT2D eigenvalue weighted by molar-refractivity contribution is 5.65. The third-order valence-corrected chi connectivity index (χ3v) is 3.79. The zero-order valence-corrected chi connectivity index (χ0v) is 14.0. The van der Waals surface area contributed by atoms with E-state index >= 15 is 0 Å². The van der Waals surface area contributed by atoms with Crippen molar-refractivity contribution in [3.63, 3.8) is 0 Å². The molecule has 0 aliphatic carbocycles. The van der Waals surface area contributed by atoms with Crippen molar-refractivity contribution in [2.24, 2.45) is 0 Å². The van der Waals surface area contributed by atoms with Gasteiger partial charge in [0.1, 0.15) is 11.5 Å². The van der Waals surface area contributed by atoms with E-state index in [1.165, 1.54) is 0 Å². The van der Waals surface area contributed by atoms with Crippen LogP contribution >= 0.6 is 0 Å². The van der Waals surface area contributed by atoms with Crippen LogP contribution in [-0.4, -0.2) is 23.4 Å².